The molecule has 2 aromatic rings. The normalized spacial score (nSPS) is 11.9. The Morgan fingerprint density at radius 1 is 1.52 bits per heavy atom. The van der Waals surface area contributed by atoms with E-state index in [1.165, 1.54) is 24.5 Å². The van der Waals surface area contributed by atoms with Gasteiger partial charge in [-0.2, -0.15) is 0 Å². The average Bonchev–Trinajstić information content (AvgIpc) is 2.84. The van der Waals surface area contributed by atoms with Gasteiger partial charge in [0.05, 0.1) is 11.0 Å². The van der Waals surface area contributed by atoms with Crippen LogP contribution in [0.3, 0.4) is 0 Å². The van der Waals surface area contributed by atoms with Crippen LogP contribution in [0.25, 0.3) is 0 Å². The number of hydrogen-bond acceptors (Lipinski definition) is 6. The van der Waals surface area contributed by atoms with Gasteiger partial charge in [0, 0.05) is 18.7 Å². The van der Waals surface area contributed by atoms with Crippen molar-refractivity contribution in [1.82, 2.24) is 14.8 Å². The Morgan fingerprint density at radius 3 is 2.76 bits per heavy atom. The monoisotopic (exact) mass is 290 g/mol. The lowest BCUT2D eigenvalue weighted by Crippen LogP contribution is -2.15. The highest BCUT2D eigenvalue weighted by atomic mass is 16.6. The molecule has 110 valence electrons. The second kappa shape index (κ2) is 5.57. The second-order valence-corrected chi connectivity index (χ2v) is 4.52. The van der Waals surface area contributed by atoms with Crippen LogP contribution in [0.5, 0.6) is 0 Å². The van der Waals surface area contributed by atoms with Gasteiger partial charge in [-0.3, -0.25) is 14.9 Å². The van der Waals surface area contributed by atoms with Gasteiger partial charge in [-0.25, -0.2) is 0 Å². The van der Waals surface area contributed by atoms with Crippen LogP contribution in [0.1, 0.15) is 29.1 Å². The van der Waals surface area contributed by atoms with Crippen LogP contribution in [0.4, 0.5) is 11.4 Å². The molecule has 1 amide bonds. The molecule has 0 bridgehead atoms. The molecule has 0 aliphatic carbocycles. The molecule has 1 atom stereocenters. The first-order chi connectivity index (χ1) is 9.90. The van der Waals surface area contributed by atoms with E-state index in [0.29, 0.717) is 5.82 Å². The van der Waals surface area contributed by atoms with Crippen LogP contribution in [-0.4, -0.2) is 25.6 Å². The molecular weight excluding hydrogens is 276 g/mol. The third-order valence-electron chi connectivity index (χ3n) is 2.98. The van der Waals surface area contributed by atoms with Crippen molar-refractivity contribution < 1.29 is 9.72 Å². The Bertz CT molecular complexity index is 696. The number of carbonyl (C=O) groups excluding carboxylic acids is 1. The Balaban J connectivity index is 2.37. The van der Waals surface area contributed by atoms with Gasteiger partial charge in [-0.05, 0) is 19.1 Å². The standard InChI is InChI=1S/C12H14N6O3/c1-7(12-16-14-6-17(12)2)15-9-5-8(11(13)19)3-4-10(9)18(20)21/h3-7,15H,1-2H3,(H2,13,19). The first kappa shape index (κ1) is 14.4. The maximum Gasteiger partial charge on any atom is 0.292 e. The van der Waals surface area contributed by atoms with Crippen LogP contribution >= 0.6 is 0 Å². The number of aromatic nitrogens is 3. The zero-order chi connectivity index (χ0) is 15.6. The fraction of sp³-hybridized carbons (Fsp3) is 0.250. The van der Waals surface area contributed by atoms with Crippen LogP contribution in [0, 0.1) is 10.1 Å². The van der Waals surface area contributed by atoms with E-state index in [4.69, 9.17) is 5.73 Å². The summed E-state index contributed by atoms with van der Waals surface area (Å²) in [4.78, 5) is 21.7. The number of nitro benzene ring substituents is 1. The SMILES string of the molecule is CC(Nc1cc(C(N)=O)ccc1[N+](=O)[O-])c1nncn1C. The summed E-state index contributed by atoms with van der Waals surface area (Å²) in [5.74, 6) is -0.0481. The third kappa shape index (κ3) is 2.96. The van der Waals surface area contributed by atoms with Crippen molar-refractivity contribution in [1.29, 1.82) is 0 Å². The number of amides is 1. The minimum Gasteiger partial charge on any atom is -0.370 e. The molecule has 0 fully saturated rings. The molecule has 3 N–H and O–H groups in total. The fourth-order valence-corrected chi connectivity index (χ4v) is 1.95. The van der Waals surface area contributed by atoms with E-state index in [2.05, 4.69) is 15.5 Å². The number of primary amides is 1. The van der Waals surface area contributed by atoms with E-state index in [0.717, 1.165) is 0 Å². The third-order valence-corrected chi connectivity index (χ3v) is 2.98. The summed E-state index contributed by atoms with van der Waals surface area (Å²) in [5.41, 5.74) is 5.44. The number of anilines is 1. The number of nitrogens with zero attached hydrogens (tertiary/aromatic N) is 4. The zero-order valence-electron chi connectivity index (χ0n) is 11.5. The van der Waals surface area contributed by atoms with E-state index in [-0.39, 0.29) is 23.0 Å². The molecule has 1 aromatic carbocycles. The van der Waals surface area contributed by atoms with Crippen LogP contribution in [0.15, 0.2) is 24.5 Å². The van der Waals surface area contributed by atoms with Gasteiger partial charge < -0.3 is 15.6 Å². The van der Waals surface area contributed by atoms with Gasteiger partial charge in [-0.1, -0.05) is 0 Å². The van der Waals surface area contributed by atoms with Crippen LogP contribution in [-0.2, 0) is 7.05 Å². The molecule has 0 saturated carbocycles. The first-order valence-electron chi connectivity index (χ1n) is 6.09. The van der Waals surface area contributed by atoms with Crippen molar-refractivity contribution in [2.75, 3.05) is 5.32 Å². The number of carbonyl (C=O) groups is 1. The number of nitro groups is 1. The summed E-state index contributed by atoms with van der Waals surface area (Å²) < 4.78 is 1.70. The van der Waals surface area contributed by atoms with Gasteiger partial charge in [0.2, 0.25) is 5.91 Å². The van der Waals surface area contributed by atoms with Gasteiger partial charge in [-0.15, -0.1) is 10.2 Å². The van der Waals surface area contributed by atoms with Crippen molar-refractivity contribution in [3.8, 4) is 0 Å². The van der Waals surface area contributed by atoms with E-state index in [1.807, 2.05) is 0 Å². The Kier molecular flexibility index (Phi) is 3.83. The summed E-state index contributed by atoms with van der Waals surface area (Å²) in [6, 6.07) is 3.58. The summed E-state index contributed by atoms with van der Waals surface area (Å²) in [5, 5.41) is 21.7. The summed E-state index contributed by atoms with van der Waals surface area (Å²) >= 11 is 0. The van der Waals surface area contributed by atoms with E-state index in [1.54, 1.807) is 18.5 Å². The predicted molar refractivity (Wildman–Crippen MR) is 74.7 cm³/mol. The molecule has 1 heterocycles. The maximum absolute atomic E-state index is 11.2. The lowest BCUT2D eigenvalue weighted by atomic mass is 10.1. The molecule has 21 heavy (non-hydrogen) atoms. The van der Waals surface area contributed by atoms with Crippen molar-refractivity contribution in [3.05, 3.63) is 46.0 Å². The number of aryl methyl sites for hydroxylation is 1. The number of benzene rings is 1. The van der Waals surface area contributed by atoms with Crippen LogP contribution in [0.2, 0.25) is 0 Å². The highest BCUT2D eigenvalue weighted by Crippen LogP contribution is 2.28. The van der Waals surface area contributed by atoms with Crippen molar-refractivity contribution >= 4 is 17.3 Å². The number of nitrogens with two attached hydrogens (primary N) is 1. The van der Waals surface area contributed by atoms with E-state index in [9.17, 15) is 14.9 Å². The van der Waals surface area contributed by atoms with Crippen molar-refractivity contribution in [3.63, 3.8) is 0 Å². The van der Waals surface area contributed by atoms with Crippen LogP contribution < -0.4 is 11.1 Å². The molecule has 2 rings (SSSR count). The quantitative estimate of drug-likeness (QED) is 0.624. The average molecular weight is 290 g/mol. The molecule has 0 saturated heterocycles. The minimum atomic E-state index is -0.653. The molecular formula is C12H14N6O3. The molecule has 0 aliphatic rings. The number of nitrogens with one attached hydrogen (secondary N) is 1. The van der Waals surface area contributed by atoms with Gasteiger partial charge in [0.25, 0.3) is 5.69 Å². The molecule has 1 unspecified atom stereocenters. The predicted octanol–water partition coefficient (Wildman–Crippen LogP) is 0.995. The Morgan fingerprint density at radius 2 is 2.24 bits per heavy atom. The number of hydrogen-bond donors (Lipinski definition) is 2. The topological polar surface area (TPSA) is 129 Å². The molecule has 0 radical (unpaired) electrons. The van der Waals surface area contributed by atoms with Gasteiger partial charge >= 0.3 is 0 Å². The lowest BCUT2D eigenvalue weighted by molar-refractivity contribution is -0.384. The number of rotatable bonds is 5. The molecule has 0 spiro atoms. The smallest absolute Gasteiger partial charge is 0.292 e. The second-order valence-electron chi connectivity index (χ2n) is 4.52. The summed E-state index contributed by atoms with van der Waals surface area (Å²) in [6.07, 6.45) is 1.53. The first-order valence-corrected chi connectivity index (χ1v) is 6.09. The lowest BCUT2D eigenvalue weighted by Gasteiger charge is -2.14. The highest BCUT2D eigenvalue weighted by Gasteiger charge is 2.19. The zero-order valence-corrected chi connectivity index (χ0v) is 11.5. The molecule has 0 aliphatic heterocycles. The van der Waals surface area contributed by atoms with Crippen molar-refractivity contribution in [2.45, 2.75) is 13.0 Å². The summed E-state index contributed by atoms with van der Waals surface area (Å²) in [6.45, 7) is 1.78. The highest BCUT2D eigenvalue weighted by molar-refractivity contribution is 5.94. The summed E-state index contributed by atoms with van der Waals surface area (Å²) in [7, 11) is 1.77. The molecule has 9 nitrogen and oxygen atoms in total. The minimum absolute atomic E-state index is 0.144. The van der Waals surface area contributed by atoms with Gasteiger partial charge in [0.15, 0.2) is 5.82 Å². The maximum atomic E-state index is 11.2. The van der Waals surface area contributed by atoms with Gasteiger partial charge in [0.1, 0.15) is 12.0 Å². The Labute approximate surface area is 119 Å². The van der Waals surface area contributed by atoms with Crippen molar-refractivity contribution in [2.24, 2.45) is 12.8 Å². The Hall–Kier alpha value is -2.97. The van der Waals surface area contributed by atoms with E-state index >= 15 is 0 Å². The molecule has 1 aromatic heterocycles. The van der Waals surface area contributed by atoms with E-state index < -0.39 is 10.8 Å². The largest absolute Gasteiger partial charge is 0.370 e. The molecule has 9 heteroatoms. The fourth-order valence-electron chi connectivity index (χ4n) is 1.95.